The third kappa shape index (κ3) is 5.05. The first-order chi connectivity index (χ1) is 16.5. The lowest BCUT2D eigenvalue weighted by molar-refractivity contribution is -0.111. The maximum atomic E-state index is 12.9. The number of methoxy groups -OCH3 is 2. The molecule has 0 atom stereocenters. The topological polar surface area (TPSA) is 89.8 Å². The number of hydrogen-bond donors (Lipinski definition) is 2. The molecule has 0 fully saturated rings. The number of fused-ring (bicyclic) bond motifs is 1. The van der Waals surface area contributed by atoms with Crippen molar-refractivity contribution in [1.82, 2.24) is 0 Å². The highest BCUT2D eigenvalue weighted by molar-refractivity contribution is 6.30. The second-order valence-electron chi connectivity index (χ2n) is 7.20. The number of ether oxygens (including phenoxy) is 2. The molecule has 8 heteroatoms. The Bertz CT molecular complexity index is 1380. The second-order valence-corrected chi connectivity index (χ2v) is 7.64. The van der Waals surface area contributed by atoms with Gasteiger partial charge in [0.25, 0.3) is 5.91 Å². The first-order valence-corrected chi connectivity index (χ1v) is 10.7. The van der Waals surface area contributed by atoms with Crippen molar-refractivity contribution in [1.29, 1.82) is 0 Å². The van der Waals surface area contributed by atoms with E-state index in [-0.39, 0.29) is 11.4 Å². The predicted molar refractivity (Wildman–Crippen MR) is 133 cm³/mol. The van der Waals surface area contributed by atoms with Gasteiger partial charge < -0.3 is 24.5 Å². The van der Waals surface area contributed by atoms with Gasteiger partial charge in [-0.25, -0.2) is 0 Å². The molecule has 0 bridgehead atoms. The maximum absolute atomic E-state index is 12.9. The Balaban J connectivity index is 1.58. The molecule has 7 nitrogen and oxygen atoms in total. The van der Waals surface area contributed by atoms with E-state index in [0.717, 1.165) is 5.56 Å². The zero-order valence-corrected chi connectivity index (χ0v) is 19.2. The molecule has 0 radical (unpaired) electrons. The number of benzene rings is 3. The van der Waals surface area contributed by atoms with Gasteiger partial charge in [-0.2, -0.15) is 0 Å². The number of carbonyl (C=O) groups excluding carboxylic acids is 2. The van der Waals surface area contributed by atoms with Gasteiger partial charge in [-0.3, -0.25) is 9.59 Å². The largest absolute Gasteiger partial charge is 0.493 e. The Labute approximate surface area is 200 Å². The molecule has 4 rings (SSSR count). The Hall–Kier alpha value is -4.23. The van der Waals surface area contributed by atoms with E-state index in [1.807, 2.05) is 0 Å². The van der Waals surface area contributed by atoms with E-state index in [2.05, 4.69) is 10.6 Å². The SMILES string of the molecule is COc1ccc(/C=C\C(=O)Nc2c(C(=O)Nc3ccc(Cl)cc3)oc3ccccc23)cc1OC. The Kier molecular flexibility index (Phi) is 6.85. The monoisotopic (exact) mass is 476 g/mol. The number of rotatable bonds is 7. The van der Waals surface area contributed by atoms with Gasteiger partial charge in [-0.05, 0) is 60.2 Å². The third-order valence-electron chi connectivity index (χ3n) is 4.99. The van der Waals surface area contributed by atoms with Gasteiger partial charge in [0.2, 0.25) is 11.7 Å². The van der Waals surface area contributed by atoms with Crippen molar-refractivity contribution in [2.45, 2.75) is 0 Å². The summed E-state index contributed by atoms with van der Waals surface area (Å²) < 4.78 is 16.3. The van der Waals surface area contributed by atoms with Crippen LogP contribution in [-0.4, -0.2) is 26.0 Å². The smallest absolute Gasteiger partial charge is 0.293 e. The van der Waals surface area contributed by atoms with E-state index < -0.39 is 11.8 Å². The fourth-order valence-electron chi connectivity index (χ4n) is 3.34. The molecule has 0 saturated carbocycles. The van der Waals surface area contributed by atoms with Crippen molar-refractivity contribution >= 4 is 51.8 Å². The van der Waals surface area contributed by atoms with E-state index in [9.17, 15) is 9.59 Å². The van der Waals surface area contributed by atoms with Gasteiger partial charge in [-0.15, -0.1) is 0 Å². The fraction of sp³-hybridized carbons (Fsp3) is 0.0769. The summed E-state index contributed by atoms with van der Waals surface area (Å²) in [4.78, 5) is 25.7. The van der Waals surface area contributed by atoms with Crippen LogP contribution in [0.3, 0.4) is 0 Å². The molecule has 0 aliphatic rings. The van der Waals surface area contributed by atoms with E-state index in [4.69, 9.17) is 25.5 Å². The van der Waals surface area contributed by atoms with Gasteiger partial charge in [-0.1, -0.05) is 29.8 Å². The summed E-state index contributed by atoms with van der Waals surface area (Å²) in [6.45, 7) is 0. The lowest BCUT2D eigenvalue weighted by Gasteiger charge is -2.08. The van der Waals surface area contributed by atoms with Crippen LogP contribution in [0.25, 0.3) is 17.0 Å². The fourth-order valence-corrected chi connectivity index (χ4v) is 3.47. The van der Waals surface area contributed by atoms with Gasteiger partial charge >= 0.3 is 0 Å². The van der Waals surface area contributed by atoms with Gasteiger partial charge in [0, 0.05) is 22.2 Å². The Morgan fingerprint density at radius 3 is 2.38 bits per heavy atom. The zero-order chi connectivity index (χ0) is 24.1. The minimum Gasteiger partial charge on any atom is -0.493 e. The molecule has 0 saturated heterocycles. The highest BCUT2D eigenvalue weighted by Gasteiger charge is 2.22. The van der Waals surface area contributed by atoms with E-state index >= 15 is 0 Å². The standard InChI is InChI=1S/C26H21ClN2O5/c1-32-21-13-7-16(15-22(21)33-2)8-14-23(30)29-24-19-5-3-4-6-20(19)34-25(24)26(31)28-18-11-9-17(27)10-12-18/h3-15H,1-2H3,(H,28,31)(H,29,30)/b14-8-. The lowest BCUT2D eigenvalue weighted by atomic mass is 10.1. The van der Waals surface area contributed by atoms with Crippen molar-refractivity contribution in [3.8, 4) is 11.5 Å². The molecule has 2 amide bonds. The summed E-state index contributed by atoms with van der Waals surface area (Å²) in [5.74, 6) is 0.195. The molecule has 0 spiro atoms. The van der Waals surface area contributed by atoms with E-state index in [1.54, 1.807) is 87.0 Å². The minimum atomic E-state index is -0.502. The molecule has 2 N–H and O–H groups in total. The van der Waals surface area contributed by atoms with Crippen LogP contribution in [0, 0.1) is 0 Å². The summed E-state index contributed by atoms with van der Waals surface area (Å²) in [5, 5.41) is 6.69. The first-order valence-electron chi connectivity index (χ1n) is 10.3. The average molecular weight is 477 g/mol. The molecule has 0 unspecified atom stereocenters. The summed E-state index contributed by atoms with van der Waals surface area (Å²) in [6.07, 6.45) is 3.00. The molecule has 4 aromatic rings. The molecule has 3 aromatic carbocycles. The molecule has 0 aliphatic carbocycles. The Morgan fingerprint density at radius 2 is 1.65 bits per heavy atom. The van der Waals surface area contributed by atoms with Crippen LogP contribution in [0.15, 0.2) is 77.2 Å². The molecule has 0 aliphatic heterocycles. The van der Waals surface area contributed by atoms with Crippen molar-refractivity contribution in [2.75, 3.05) is 24.9 Å². The van der Waals surface area contributed by atoms with Crippen LogP contribution < -0.4 is 20.1 Å². The normalized spacial score (nSPS) is 10.9. The van der Waals surface area contributed by atoms with Crippen LogP contribution in [0.5, 0.6) is 11.5 Å². The maximum Gasteiger partial charge on any atom is 0.293 e. The summed E-state index contributed by atoms with van der Waals surface area (Å²) in [6, 6.07) is 19.1. The van der Waals surface area contributed by atoms with Crippen molar-refractivity contribution in [3.63, 3.8) is 0 Å². The van der Waals surface area contributed by atoms with Crippen LogP contribution in [0.1, 0.15) is 16.1 Å². The van der Waals surface area contributed by atoms with E-state index in [0.29, 0.717) is 33.2 Å². The predicted octanol–water partition coefficient (Wildman–Crippen LogP) is 6.01. The molecule has 34 heavy (non-hydrogen) atoms. The number of halogens is 1. The quantitative estimate of drug-likeness (QED) is 0.319. The number of amides is 2. The van der Waals surface area contributed by atoms with Gasteiger partial charge in [0.05, 0.1) is 14.2 Å². The number of nitrogens with one attached hydrogen (secondary N) is 2. The van der Waals surface area contributed by atoms with Crippen molar-refractivity contribution in [3.05, 3.63) is 89.2 Å². The van der Waals surface area contributed by atoms with Crippen LogP contribution in [0.2, 0.25) is 5.02 Å². The van der Waals surface area contributed by atoms with Gasteiger partial charge in [0.1, 0.15) is 11.3 Å². The molecule has 1 heterocycles. The second kappa shape index (κ2) is 10.1. The highest BCUT2D eigenvalue weighted by Crippen LogP contribution is 2.32. The number of furan rings is 1. The zero-order valence-electron chi connectivity index (χ0n) is 18.4. The van der Waals surface area contributed by atoms with Crippen LogP contribution >= 0.6 is 11.6 Å². The molecular weight excluding hydrogens is 456 g/mol. The van der Waals surface area contributed by atoms with Crippen LogP contribution in [-0.2, 0) is 4.79 Å². The van der Waals surface area contributed by atoms with E-state index in [1.165, 1.54) is 6.08 Å². The Morgan fingerprint density at radius 1 is 0.912 bits per heavy atom. The number of carbonyl (C=O) groups is 2. The lowest BCUT2D eigenvalue weighted by Crippen LogP contribution is -2.15. The van der Waals surface area contributed by atoms with Crippen molar-refractivity contribution in [2.24, 2.45) is 0 Å². The number of para-hydroxylation sites is 1. The summed E-state index contributed by atoms with van der Waals surface area (Å²) >= 11 is 5.91. The summed E-state index contributed by atoms with van der Waals surface area (Å²) in [5.41, 5.74) is 2.04. The first kappa shape index (κ1) is 22.9. The number of anilines is 2. The molecule has 172 valence electrons. The molecule has 1 aromatic heterocycles. The van der Waals surface area contributed by atoms with Crippen molar-refractivity contribution < 1.29 is 23.5 Å². The van der Waals surface area contributed by atoms with Gasteiger partial charge in [0.15, 0.2) is 11.5 Å². The average Bonchev–Trinajstić information content (AvgIpc) is 3.22. The molecular formula is C26H21ClN2O5. The highest BCUT2D eigenvalue weighted by atomic mass is 35.5. The number of hydrogen-bond acceptors (Lipinski definition) is 5. The summed E-state index contributed by atoms with van der Waals surface area (Å²) in [7, 11) is 3.09. The minimum absolute atomic E-state index is 0.0102. The van der Waals surface area contributed by atoms with Crippen LogP contribution in [0.4, 0.5) is 11.4 Å². The third-order valence-corrected chi connectivity index (χ3v) is 5.24.